The molecular formula is C10H21NO3. The molecule has 0 aromatic carbocycles. The van der Waals surface area contributed by atoms with Gasteiger partial charge in [0.1, 0.15) is 0 Å². The molecule has 0 amide bonds. The highest BCUT2D eigenvalue weighted by atomic mass is 16.3. The van der Waals surface area contributed by atoms with Gasteiger partial charge in [-0.25, -0.2) is 0 Å². The van der Waals surface area contributed by atoms with Crippen LogP contribution in [0.2, 0.25) is 0 Å². The van der Waals surface area contributed by atoms with Gasteiger partial charge < -0.3 is 21.1 Å². The lowest BCUT2D eigenvalue weighted by atomic mass is 9.78. The van der Waals surface area contributed by atoms with Crippen LogP contribution >= 0.6 is 0 Å². The van der Waals surface area contributed by atoms with E-state index < -0.39 is 0 Å². The molecule has 84 valence electrons. The fraction of sp³-hybridized carbons (Fsp3) is 0.800. The van der Waals surface area contributed by atoms with Gasteiger partial charge >= 0.3 is 0 Å². The molecule has 0 saturated carbocycles. The third-order valence-corrected chi connectivity index (χ3v) is 2.44. The summed E-state index contributed by atoms with van der Waals surface area (Å²) in [6.45, 7) is 0.586. The van der Waals surface area contributed by atoms with Crippen molar-refractivity contribution in [2.75, 3.05) is 26.4 Å². The summed E-state index contributed by atoms with van der Waals surface area (Å²) in [6.07, 6.45) is 5.34. The van der Waals surface area contributed by atoms with E-state index >= 15 is 0 Å². The first kappa shape index (κ1) is 13.6. The lowest BCUT2D eigenvalue weighted by Crippen LogP contribution is -2.23. The number of nitrogens with two attached hydrogens (primary N) is 1. The molecule has 0 bridgehead atoms. The molecule has 0 aromatic heterocycles. The Morgan fingerprint density at radius 3 is 1.64 bits per heavy atom. The van der Waals surface area contributed by atoms with Crippen molar-refractivity contribution in [3.63, 3.8) is 0 Å². The molecular weight excluding hydrogens is 182 g/mol. The minimum absolute atomic E-state index is 0.0505. The van der Waals surface area contributed by atoms with Gasteiger partial charge in [-0.2, -0.15) is 0 Å². The molecule has 0 unspecified atom stereocenters. The fourth-order valence-corrected chi connectivity index (χ4v) is 1.61. The smallest absolute Gasteiger partial charge is 0.0439 e. The fourth-order valence-electron chi connectivity index (χ4n) is 1.61. The van der Waals surface area contributed by atoms with Gasteiger partial charge in [0.15, 0.2) is 0 Å². The summed E-state index contributed by atoms with van der Waals surface area (Å²) in [5, 5.41) is 26.8. The van der Waals surface area contributed by atoms with Crippen LogP contribution in [0.15, 0.2) is 12.2 Å². The lowest BCUT2D eigenvalue weighted by Gasteiger charge is -2.28. The highest BCUT2D eigenvalue weighted by Gasteiger charge is 2.25. The highest BCUT2D eigenvalue weighted by Crippen LogP contribution is 2.31. The summed E-state index contributed by atoms with van der Waals surface area (Å²) >= 11 is 0. The topological polar surface area (TPSA) is 86.7 Å². The number of hydrogen-bond donors (Lipinski definition) is 4. The van der Waals surface area contributed by atoms with Crippen molar-refractivity contribution in [3.05, 3.63) is 12.2 Å². The maximum Gasteiger partial charge on any atom is 0.0439 e. The van der Waals surface area contributed by atoms with Crippen molar-refractivity contribution >= 4 is 0 Å². The van der Waals surface area contributed by atoms with Crippen molar-refractivity contribution in [3.8, 4) is 0 Å². The van der Waals surface area contributed by atoms with Crippen LogP contribution in [0.4, 0.5) is 0 Å². The van der Waals surface area contributed by atoms with E-state index in [1.807, 2.05) is 6.08 Å². The molecule has 0 aliphatic heterocycles. The monoisotopic (exact) mass is 203 g/mol. The van der Waals surface area contributed by atoms with E-state index in [-0.39, 0.29) is 25.2 Å². The number of rotatable bonds is 8. The summed E-state index contributed by atoms with van der Waals surface area (Å²) < 4.78 is 0. The van der Waals surface area contributed by atoms with E-state index in [1.165, 1.54) is 0 Å². The zero-order valence-corrected chi connectivity index (χ0v) is 8.52. The second-order valence-corrected chi connectivity index (χ2v) is 3.42. The van der Waals surface area contributed by atoms with Crippen LogP contribution in [0.1, 0.15) is 19.3 Å². The second-order valence-electron chi connectivity index (χ2n) is 3.42. The predicted octanol–water partition coefficient (Wildman–Crippen LogP) is -0.365. The Labute approximate surface area is 85.1 Å². The van der Waals surface area contributed by atoms with Crippen LogP contribution in [0.3, 0.4) is 0 Å². The van der Waals surface area contributed by atoms with E-state index in [1.54, 1.807) is 6.08 Å². The molecule has 0 aromatic rings. The van der Waals surface area contributed by atoms with Crippen molar-refractivity contribution in [1.29, 1.82) is 0 Å². The minimum Gasteiger partial charge on any atom is -0.396 e. The number of allylic oxidation sites excluding steroid dienone is 1. The average molecular weight is 203 g/mol. The maximum absolute atomic E-state index is 8.93. The molecule has 0 aliphatic rings. The minimum atomic E-state index is -0.308. The number of aliphatic hydroxyl groups is 3. The first-order chi connectivity index (χ1) is 6.74. The lowest BCUT2D eigenvalue weighted by molar-refractivity contribution is 0.137. The molecule has 0 saturated heterocycles. The van der Waals surface area contributed by atoms with Gasteiger partial charge in [0.25, 0.3) is 0 Å². The van der Waals surface area contributed by atoms with Gasteiger partial charge in [0, 0.05) is 26.4 Å². The van der Waals surface area contributed by atoms with Gasteiger partial charge in [-0.05, 0) is 24.7 Å². The number of hydrogen-bond acceptors (Lipinski definition) is 4. The number of aliphatic hydroxyl groups excluding tert-OH is 3. The van der Waals surface area contributed by atoms with Crippen molar-refractivity contribution < 1.29 is 15.3 Å². The first-order valence-electron chi connectivity index (χ1n) is 4.95. The van der Waals surface area contributed by atoms with Crippen molar-refractivity contribution in [2.24, 2.45) is 11.1 Å². The molecule has 4 heteroatoms. The molecule has 0 atom stereocenters. The van der Waals surface area contributed by atoms with Gasteiger partial charge in [0.2, 0.25) is 0 Å². The summed E-state index contributed by atoms with van der Waals surface area (Å²) in [5.41, 5.74) is 5.04. The SMILES string of the molecule is NC/C=C/C(CCO)(CCO)CCO. The van der Waals surface area contributed by atoms with Gasteiger partial charge in [-0.1, -0.05) is 12.2 Å². The molecule has 0 spiro atoms. The average Bonchev–Trinajstić information content (AvgIpc) is 2.16. The molecule has 0 aliphatic carbocycles. The molecule has 0 heterocycles. The van der Waals surface area contributed by atoms with Gasteiger partial charge in [-0.15, -0.1) is 0 Å². The zero-order valence-electron chi connectivity index (χ0n) is 8.52. The maximum atomic E-state index is 8.93. The Bertz CT molecular complexity index is 142. The normalized spacial score (nSPS) is 12.6. The van der Waals surface area contributed by atoms with E-state index in [2.05, 4.69) is 0 Å². The van der Waals surface area contributed by atoms with E-state index in [0.717, 1.165) is 0 Å². The first-order valence-corrected chi connectivity index (χ1v) is 4.95. The van der Waals surface area contributed by atoms with Gasteiger partial charge in [-0.3, -0.25) is 0 Å². The molecule has 0 rings (SSSR count). The summed E-state index contributed by atoms with van der Waals surface area (Å²) in [5.74, 6) is 0. The van der Waals surface area contributed by atoms with E-state index in [9.17, 15) is 0 Å². The summed E-state index contributed by atoms with van der Waals surface area (Å²) in [4.78, 5) is 0. The Balaban J connectivity index is 4.45. The van der Waals surface area contributed by atoms with Crippen LogP contribution in [0.25, 0.3) is 0 Å². The van der Waals surface area contributed by atoms with E-state index in [0.29, 0.717) is 25.8 Å². The van der Waals surface area contributed by atoms with Crippen LogP contribution in [0, 0.1) is 5.41 Å². The Morgan fingerprint density at radius 2 is 1.36 bits per heavy atom. The van der Waals surface area contributed by atoms with Crippen LogP contribution < -0.4 is 5.73 Å². The van der Waals surface area contributed by atoms with Gasteiger partial charge in [0.05, 0.1) is 0 Å². The third-order valence-electron chi connectivity index (χ3n) is 2.44. The molecule has 4 nitrogen and oxygen atoms in total. The molecule has 0 fully saturated rings. The van der Waals surface area contributed by atoms with Crippen molar-refractivity contribution in [2.45, 2.75) is 19.3 Å². The van der Waals surface area contributed by atoms with Crippen LogP contribution in [0.5, 0.6) is 0 Å². The molecule has 5 N–H and O–H groups in total. The Hall–Kier alpha value is -0.420. The Morgan fingerprint density at radius 1 is 0.929 bits per heavy atom. The van der Waals surface area contributed by atoms with Crippen molar-refractivity contribution in [1.82, 2.24) is 0 Å². The predicted molar refractivity (Wildman–Crippen MR) is 55.7 cm³/mol. The highest BCUT2D eigenvalue weighted by molar-refractivity contribution is 5.00. The largest absolute Gasteiger partial charge is 0.396 e. The van der Waals surface area contributed by atoms with Crippen LogP contribution in [-0.2, 0) is 0 Å². The Kier molecular flexibility index (Phi) is 7.70. The zero-order chi connectivity index (χ0) is 10.9. The summed E-state index contributed by atoms with van der Waals surface area (Å²) in [7, 11) is 0. The molecule has 0 radical (unpaired) electrons. The molecule has 14 heavy (non-hydrogen) atoms. The third kappa shape index (κ3) is 4.72. The summed E-state index contributed by atoms with van der Waals surface area (Å²) in [6, 6.07) is 0. The standard InChI is InChI=1S/C10H21NO3/c11-6-1-2-10(3-7-12,4-8-13)5-9-14/h1-2,12-14H,3-9,11H2/b2-1+. The van der Waals surface area contributed by atoms with E-state index in [4.69, 9.17) is 21.1 Å². The van der Waals surface area contributed by atoms with Crippen LogP contribution in [-0.4, -0.2) is 41.7 Å². The second kappa shape index (κ2) is 7.94. The quantitative estimate of drug-likeness (QED) is 0.406.